The van der Waals surface area contributed by atoms with Crippen LogP contribution < -0.4 is 10.0 Å². The summed E-state index contributed by atoms with van der Waals surface area (Å²) in [5.74, 6) is -0.484. The second-order valence-corrected chi connectivity index (χ2v) is 16.6. The number of aryl methyl sites for hydroxylation is 1. The molecule has 5 atom stereocenters. The maximum atomic E-state index is 13.8. The van der Waals surface area contributed by atoms with Crippen LogP contribution in [0.3, 0.4) is 0 Å². The number of likely N-dealkylation sites (N-methyl/N-ethyl adjacent to an activating group) is 1. The summed E-state index contributed by atoms with van der Waals surface area (Å²) in [5, 5.41) is 15.0. The number of nitrogens with one attached hydrogen (secondary N) is 2. The number of carbonyl (C=O) groups excluding carboxylic acids is 1. The number of sulfonamides is 1. The Morgan fingerprint density at radius 1 is 0.789 bits per heavy atom. The molecule has 1 saturated heterocycles. The molecule has 0 unspecified atom stereocenters. The van der Waals surface area contributed by atoms with Crippen LogP contribution in [0.4, 0.5) is 5.69 Å². The second kappa shape index (κ2) is 17.9. The van der Waals surface area contributed by atoms with Gasteiger partial charge in [-0.3, -0.25) is 9.69 Å². The Kier molecular flexibility index (Phi) is 12.6. The first-order valence-electron chi connectivity index (χ1n) is 19.3. The van der Waals surface area contributed by atoms with Gasteiger partial charge < -0.3 is 19.9 Å². The van der Waals surface area contributed by atoms with E-state index in [4.69, 9.17) is 9.47 Å². The van der Waals surface area contributed by atoms with Gasteiger partial charge in [-0.25, -0.2) is 8.42 Å². The van der Waals surface area contributed by atoms with Gasteiger partial charge in [-0.2, -0.15) is 4.72 Å². The molecule has 1 amide bonds. The molecule has 1 aliphatic heterocycles. The summed E-state index contributed by atoms with van der Waals surface area (Å²) in [6.45, 7) is 4.71. The Morgan fingerprint density at radius 2 is 1.46 bits per heavy atom. The Hall–Kier alpha value is -5.20. The van der Waals surface area contributed by atoms with Crippen molar-refractivity contribution >= 4 is 32.4 Å². The molecule has 57 heavy (non-hydrogen) atoms. The zero-order valence-electron chi connectivity index (χ0n) is 32.4. The zero-order valence-corrected chi connectivity index (χ0v) is 33.2. The molecule has 0 radical (unpaired) electrons. The van der Waals surface area contributed by atoms with Crippen molar-refractivity contribution in [2.24, 2.45) is 0 Å². The van der Waals surface area contributed by atoms with Crippen molar-refractivity contribution in [2.45, 2.75) is 68.8 Å². The van der Waals surface area contributed by atoms with Gasteiger partial charge in [0.25, 0.3) is 0 Å². The first-order valence-corrected chi connectivity index (χ1v) is 20.8. The molecule has 0 aromatic heterocycles. The van der Waals surface area contributed by atoms with Crippen LogP contribution in [0.15, 0.2) is 150 Å². The van der Waals surface area contributed by atoms with Crippen molar-refractivity contribution in [3.63, 3.8) is 0 Å². The van der Waals surface area contributed by atoms with Crippen LogP contribution in [0.5, 0.6) is 0 Å². The molecule has 1 aliphatic rings. The smallest absolute Gasteiger partial charge is 0.242 e. The fourth-order valence-corrected chi connectivity index (χ4v) is 8.39. The highest BCUT2D eigenvalue weighted by molar-refractivity contribution is 7.89. The van der Waals surface area contributed by atoms with E-state index in [0.29, 0.717) is 18.7 Å². The molecular formula is C47H49N3O6S. The summed E-state index contributed by atoms with van der Waals surface area (Å²) in [5.41, 5.74) is 6.08. The normalized spacial score (nSPS) is 18.3. The minimum atomic E-state index is -3.99. The number of hydrogen-bond donors (Lipinski definition) is 3. The molecule has 0 saturated carbocycles. The number of hydrogen-bond acceptors (Lipinski definition) is 7. The first-order chi connectivity index (χ1) is 27.5. The van der Waals surface area contributed by atoms with Gasteiger partial charge in [-0.15, -0.1) is 0 Å². The summed E-state index contributed by atoms with van der Waals surface area (Å²) < 4.78 is 42.7. The van der Waals surface area contributed by atoms with E-state index in [0.717, 1.165) is 27.8 Å². The molecule has 9 nitrogen and oxygen atoms in total. The predicted molar refractivity (Wildman–Crippen MR) is 224 cm³/mol. The number of carbonyl (C=O) groups is 1. The van der Waals surface area contributed by atoms with Crippen LogP contribution in [0.2, 0.25) is 0 Å². The minimum absolute atomic E-state index is 0.0356. The summed E-state index contributed by atoms with van der Waals surface area (Å²) in [6.07, 6.45) is -0.314. The number of benzene rings is 6. The number of fused-ring (bicyclic) bond motifs is 1. The van der Waals surface area contributed by atoms with Crippen LogP contribution >= 0.6 is 0 Å². The van der Waals surface area contributed by atoms with Crippen LogP contribution in [0.1, 0.15) is 65.2 Å². The van der Waals surface area contributed by atoms with Crippen molar-refractivity contribution in [3.8, 4) is 0 Å². The Balaban J connectivity index is 1.08. The summed E-state index contributed by atoms with van der Waals surface area (Å²) in [7, 11) is -1.88. The van der Waals surface area contributed by atoms with Gasteiger partial charge in [0.05, 0.1) is 23.7 Å². The highest BCUT2D eigenvalue weighted by Crippen LogP contribution is 2.39. The van der Waals surface area contributed by atoms with Crippen molar-refractivity contribution in [3.05, 3.63) is 179 Å². The minimum Gasteiger partial charge on any atom is -0.392 e. The molecule has 7 rings (SSSR count). The third-order valence-electron chi connectivity index (χ3n) is 10.7. The summed E-state index contributed by atoms with van der Waals surface area (Å²) >= 11 is 0. The number of nitrogens with zero attached hydrogens (tertiary/aromatic N) is 1. The van der Waals surface area contributed by atoms with Crippen molar-refractivity contribution in [1.82, 2.24) is 9.62 Å². The van der Waals surface area contributed by atoms with Gasteiger partial charge in [0.2, 0.25) is 15.9 Å². The van der Waals surface area contributed by atoms with E-state index in [2.05, 4.69) is 71.4 Å². The molecule has 3 N–H and O–H groups in total. The van der Waals surface area contributed by atoms with Crippen molar-refractivity contribution in [1.29, 1.82) is 0 Å². The Bertz CT molecular complexity index is 2370. The quantitative estimate of drug-likeness (QED) is 0.102. The fraction of sp³-hybridized carbons (Fsp3) is 0.255. The van der Waals surface area contributed by atoms with E-state index in [1.165, 1.54) is 28.5 Å². The number of aliphatic hydroxyl groups is 1. The molecule has 0 spiro atoms. The predicted octanol–water partition coefficient (Wildman–Crippen LogP) is 8.41. The third kappa shape index (κ3) is 10.0. The lowest BCUT2D eigenvalue weighted by atomic mass is 9.98. The molecule has 1 fully saturated rings. The standard InChI is InChI=1S/C47H49N3O6S/c1-32-13-25-43(26-14-32)57(53,54)49-44(27-34-9-5-4-6-10-34)46(52)48-41-23-21-38(22-24-41)47-55-42(29-45(56-47)37-17-15-35(31-51)16-18-37)30-50(3)33(2)39-20-19-36-11-7-8-12-40(36)28-39/h4-26,28,33,42,44-45,47,49,51H,27,29-31H2,1-3H3,(H,48,52)/t33-,42-,44-,45+,47+/m1/s1. The number of anilines is 1. The highest BCUT2D eigenvalue weighted by atomic mass is 32.2. The average Bonchev–Trinajstić information content (AvgIpc) is 3.23. The molecular weight excluding hydrogens is 735 g/mol. The monoisotopic (exact) mass is 783 g/mol. The van der Waals surface area contributed by atoms with E-state index in [1.54, 1.807) is 24.3 Å². The van der Waals surface area contributed by atoms with E-state index >= 15 is 0 Å². The number of amides is 1. The molecule has 1 heterocycles. The van der Waals surface area contributed by atoms with Gasteiger partial charge >= 0.3 is 0 Å². The maximum Gasteiger partial charge on any atom is 0.242 e. The van der Waals surface area contributed by atoms with Gasteiger partial charge in [0.1, 0.15) is 6.04 Å². The first kappa shape index (κ1) is 40.0. The molecule has 0 aliphatic carbocycles. The lowest BCUT2D eigenvalue weighted by molar-refractivity contribution is -0.253. The zero-order chi connectivity index (χ0) is 39.9. The third-order valence-corrected chi connectivity index (χ3v) is 12.2. The highest BCUT2D eigenvalue weighted by Gasteiger charge is 2.34. The van der Waals surface area contributed by atoms with Crippen molar-refractivity contribution < 1.29 is 27.8 Å². The number of rotatable bonds is 14. The Morgan fingerprint density at radius 3 is 2.16 bits per heavy atom. The SMILES string of the molecule is Cc1ccc(S(=O)(=O)N[C@H](Cc2ccccc2)C(=O)Nc2ccc([C@H]3O[C@@H](CN(C)[C@H](C)c4ccc5ccccc5c4)C[C@@H](c4ccc(CO)cc4)O3)cc2)cc1. The number of aliphatic hydroxyl groups excluding tert-OH is 1. The second-order valence-electron chi connectivity index (χ2n) is 14.9. The molecule has 10 heteroatoms. The maximum absolute atomic E-state index is 13.8. The van der Waals surface area contributed by atoms with Crippen LogP contribution in [-0.2, 0) is 37.3 Å². The summed E-state index contributed by atoms with van der Waals surface area (Å²) in [6, 6.07) is 45.0. The van der Waals surface area contributed by atoms with Crippen LogP contribution in [0, 0.1) is 6.92 Å². The lowest BCUT2D eigenvalue weighted by Gasteiger charge is -2.39. The lowest BCUT2D eigenvalue weighted by Crippen LogP contribution is -2.45. The Labute approximate surface area is 335 Å². The number of ether oxygens (including phenoxy) is 2. The van der Waals surface area contributed by atoms with E-state index < -0.39 is 28.3 Å². The summed E-state index contributed by atoms with van der Waals surface area (Å²) in [4.78, 5) is 16.2. The van der Waals surface area contributed by atoms with Crippen LogP contribution in [-0.4, -0.2) is 50.1 Å². The molecule has 0 bridgehead atoms. The van der Waals surface area contributed by atoms with E-state index in [1.807, 2.05) is 73.7 Å². The van der Waals surface area contributed by atoms with E-state index in [9.17, 15) is 18.3 Å². The molecule has 6 aromatic rings. The fourth-order valence-electron chi connectivity index (χ4n) is 7.20. The topological polar surface area (TPSA) is 117 Å². The van der Waals surface area contributed by atoms with Gasteiger partial charge in [0, 0.05) is 30.3 Å². The van der Waals surface area contributed by atoms with Crippen molar-refractivity contribution in [2.75, 3.05) is 18.9 Å². The van der Waals surface area contributed by atoms with Gasteiger partial charge in [0.15, 0.2) is 6.29 Å². The molecule has 294 valence electrons. The van der Waals surface area contributed by atoms with E-state index in [-0.39, 0.29) is 36.2 Å². The van der Waals surface area contributed by atoms with Crippen LogP contribution in [0.25, 0.3) is 10.8 Å². The largest absolute Gasteiger partial charge is 0.392 e. The van der Waals surface area contributed by atoms with Gasteiger partial charge in [-0.1, -0.05) is 121 Å². The molecule has 6 aromatic carbocycles. The van der Waals surface area contributed by atoms with Gasteiger partial charge in [-0.05, 0) is 90.7 Å². The average molecular weight is 784 g/mol.